The van der Waals surface area contributed by atoms with E-state index in [4.69, 9.17) is 10.7 Å². The first-order valence-electron chi connectivity index (χ1n) is 6.08. The van der Waals surface area contributed by atoms with Crippen LogP contribution in [0.4, 0.5) is 0 Å². The van der Waals surface area contributed by atoms with Gasteiger partial charge < -0.3 is 4.90 Å². The highest BCUT2D eigenvalue weighted by Crippen LogP contribution is 2.29. The van der Waals surface area contributed by atoms with E-state index in [2.05, 4.69) is 0 Å². The summed E-state index contributed by atoms with van der Waals surface area (Å²) in [7, 11) is 1.65. The lowest BCUT2D eigenvalue weighted by Crippen LogP contribution is -2.30. The molecule has 2 atom stereocenters. The molecule has 1 amide bonds. The van der Waals surface area contributed by atoms with Gasteiger partial charge in [-0.25, -0.2) is 8.42 Å². The van der Waals surface area contributed by atoms with Crippen LogP contribution in [0.3, 0.4) is 0 Å². The molecule has 0 spiro atoms. The Labute approximate surface area is 117 Å². The van der Waals surface area contributed by atoms with Gasteiger partial charge in [-0.05, 0) is 19.4 Å². The van der Waals surface area contributed by atoms with E-state index in [0.717, 1.165) is 11.1 Å². The normalized spacial score (nSPS) is 21.7. The maximum Gasteiger partial charge on any atom is 0.237 e. The van der Waals surface area contributed by atoms with Crippen LogP contribution in [0.15, 0.2) is 24.3 Å². The molecule has 1 aliphatic rings. The molecule has 104 valence electrons. The smallest absolute Gasteiger partial charge is 0.237 e. The number of likely N-dealkylation sites (tertiary alicyclic amines) is 1. The van der Waals surface area contributed by atoms with Crippen molar-refractivity contribution in [3.63, 3.8) is 0 Å². The fraction of sp³-hybridized carbons (Fsp3) is 0.462. The first-order chi connectivity index (χ1) is 8.79. The number of hydrogen-bond donors (Lipinski definition) is 0. The van der Waals surface area contributed by atoms with Crippen molar-refractivity contribution in [2.45, 2.75) is 31.6 Å². The number of amides is 1. The number of hydrogen-bond acceptors (Lipinski definition) is 3. The van der Waals surface area contributed by atoms with Crippen LogP contribution in [0.25, 0.3) is 0 Å². The second kappa shape index (κ2) is 5.13. The Morgan fingerprint density at radius 3 is 2.37 bits per heavy atom. The number of aryl methyl sites for hydroxylation is 1. The summed E-state index contributed by atoms with van der Waals surface area (Å²) in [5.74, 6) is -0.165. The SMILES string of the molecule is Cc1ccc(C(C)N2CC(S(=O)(=O)Cl)CC2=O)cc1. The molecule has 0 bridgehead atoms. The highest BCUT2D eigenvalue weighted by molar-refractivity contribution is 8.14. The Kier molecular flexibility index (Phi) is 3.87. The molecule has 2 rings (SSSR count). The van der Waals surface area contributed by atoms with Gasteiger partial charge in [0.2, 0.25) is 15.0 Å². The minimum Gasteiger partial charge on any atom is -0.335 e. The monoisotopic (exact) mass is 301 g/mol. The zero-order valence-corrected chi connectivity index (χ0v) is 12.4. The Morgan fingerprint density at radius 1 is 1.32 bits per heavy atom. The van der Waals surface area contributed by atoms with Crippen LogP contribution in [0.5, 0.6) is 0 Å². The first kappa shape index (κ1) is 14.3. The summed E-state index contributed by atoms with van der Waals surface area (Å²) in [4.78, 5) is 13.5. The summed E-state index contributed by atoms with van der Waals surface area (Å²) in [5, 5.41) is -0.797. The van der Waals surface area contributed by atoms with Gasteiger partial charge in [-0.2, -0.15) is 0 Å². The average Bonchev–Trinajstić information content (AvgIpc) is 2.71. The second-order valence-corrected chi connectivity index (χ2v) is 7.84. The summed E-state index contributed by atoms with van der Waals surface area (Å²) >= 11 is 0. The van der Waals surface area contributed by atoms with Crippen LogP contribution in [-0.2, 0) is 13.8 Å². The predicted octanol–water partition coefficient (Wildman–Crippen LogP) is 2.23. The number of benzene rings is 1. The van der Waals surface area contributed by atoms with E-state index in [0.29, 0.717) is 0 Å². The van der Waals surface area contributed by atoms with Gasteiger partial charge in [-0.15, -0.1) is 0 Å². The Hall–Kier alpha value is -1.07. The average molecular weight is 302 g/mol. The third-order valence-corrected chi connectivity index (χ3v) is 5.42. The van der Waals surface area contributed by atoms with Crippen molar-refractivity contribution in [1.29, 1.82) is 0 Å². The van der Waals surface area contributed by atoms with Crippen molar-refractivity contribution in [3.8, 4) is 0 Å². The molecule has 1 fully saturated rings. The molecule has 1 heterocycles. The van der Waals surface area contributed by atoms with Crippen LogP contribution in [0, 0.1) is 6.92 Å². The largest absolute Gasteiger partial charge is 0.335 e. The van der Waals surface area contributed by atoms with Gasteiger partial charge in [0.15, 0.2) is 0 Å². The second-order valence-electron chi connectivity index (χ2n) is 4.93. The Bertz CT molecular complexity index is 582. The Morgan fingerprint density at radius 2 is 1.89 bits per heavy atom. The molecular weight excluding hydrogens is 286 g/mol. The van der Waals surface area contributed by atoms with Crippen LogP contribution >= 0.6 is 10.7 Å². The third kappa shape index (κ3) is 3.09. The molecule has 4 nitrogen and oxygen atoms in total. The van der Waals surface area contributed by atoms with Crippen LogP contribution in [-0.4, -0.2) is 31.0 Å². The van der Waals surface area contributed by atoms with Crippen molar-refractivity contribution >= 4 is 25.6 Å². The minimum atomic E-state index is -3.68. The van der Waals surface area contributed by atoms with Crippen LogP contribution < -0.4 is 0 Å². The zero-order chi connectivity index (χ0) is 14.2. The molecule has 1 saturated heterocycles. The lowest BCUT2D eigenvalue weighted by molar-refractivity contribution is -0.129. The van der Waals surface area contributed by atoms with E-state index in [9.17, 15) is 13.2 Å². The van der Waals surface area contributed by atoms with Gasteiger partial charge in [0.1, 0.15) is 5.25 Å². The number of rotatable bonds is 3. The molecule has 1 aromatic carbocycles. The summed E-state index contributed by atoms with van der Waals surface area (Å²) in [6.07, 6.45) is -0.0258. The van der Waals surface area contributed by atoms with Gasteiger partial charge in [0.05, 0.1) is 6.04 Å². The molecule has 0 radical (unpaired) electrons. The molecule has 0 saturated carbocycles. The van der Waals surface area contributed by atoms with Crippen LogP contribution in [0.2, 0.25) is 0 Å². The maximum atomic E-state index is 11.9. The van der Waals surface area contributed by atoms with E-state index in [-0.39, 0.29) is 24.9 Å². The molecule has 1 aromatic rings. The van der Waals surface area contributed by atoms with E-state index < -0.39 is 14.3 Å². The highest BCUT2D eigenvalue weighted by Gasteiger charge is 2.39. The van der Waals surface area contributed by atoms with E-state index in [1.54, 1.807) is 4.90 Å². The van der Waals surface area contributed by atoms with E-state index in [1.807, 2.05) is 38.1 Å². The summed E-state index contributed by atoms with van der Waals surface area (Å²) in [6.45, 7) is 4.05. The molecule has 6 heteroatoms. The molecule has 0 aliphatic carbocycles. The summed E-state index contributed by atoms with van der Waals surface area (Å²) in [6, 6.07) is 7.71. The number of nitrogens with zero attached hydrogens (tertiary/aromatic N) is 1. The zero-order valence-electron chi connectivity index (χ0n) is 10.8. The van der Waals surface area contributed by atoms with Crippen molar-refractivity contribution in [3.05, 3.63) is 35.4 Å². The quantitative estimate of drug-likeness (QED) is 0.805. The molecule has 2 unspecified atom stereocenters. The standard InChI is InChI=1S/C13H16ClNO3S/c1-9-3-5-11(6-4-9)10(2)15-8-12(7-13(15)16)19(14,17)18/h3-6,10,12H,7-8H2,1-2H3. The fourth-order valence-corrected chi connectivity index (χ4v) is 3.32. The fourth-order valence-electron chi connectivity index (χ4n) is 2.29. The molecule has 0 N–H and O–H groups in total. The van der Waals surface area contributed by atoms with Gasteiger partial charge in [-0.1, -0.05) is 29.8 Å². The lowest BCUT2D eigenvalue weighted by Gasteiger charge is -2.25. The number of halogens is 1. The van der Waals surface area contributed by atoms with Crippen molar-refractivity contribution < 1.29 is 13.2 Å². The minimum absolute atomic E-state index is 0.0258. The molecular formula is C13H16ClNO3S. The Balaban J connectivity index is 2.18. The van der Waals surface area contributed by atoms with E-state index >= 15 is 0 Å². The highest BCUT2D eigenvalue weighted by atomic mass is 35.7. The van der Waals surface area contributed by atoms with Crippen molar-refractivity contribution in [2.24, 2.45) is 0 Å². The van der Waals surface area contributed by atoms with Gasteiger partial charge in [0.25, 0.3) is 0 Å². The van der Waals surface area contributed by atoms with Crippen molar-refractivity contribution in [1.82, 2.24) is 4.90 Å². The lowest BCUT2D eigenvalue weighted by atomic mass is 10.1. The topological polar surface area (TPSA) is 54.5 Å². The van der Waals surface area contributed by atoms with Crippen LogP contribution in [0.1, 0.15) is 30.5 Å². The summed E-state index contributed by atoms with van der Waals surface area (Å²) < 4.78 is 22.6. The molecule has 0 aromatic heterocycles. The number of carbonyl (C=O) groups is 1. The molecule has 1 aliphatic heterocycles. The first-order valence-corrected chi connectivity index (χ1v) is 8.46. The summed E-state index contributed by atoms with van der Waals surface area (Å²) in [5.41, 5.74) is 2.14. The predicted molar refractivity (Wildman–Crippen MR) is 74.5 cm³/mol. The van der Waals surface area contributed by atoms with Gasteiger partial charge in [-0.3, -0.25) is 4.79 Å². The third-order valence-electron chi connectivity index (χ3n) is 3.55. The maximum absolute atomic E-state index is 11.9. The molecule has 19 heavy (non-hydrogen) atoms. The van der Waals surface area contributed by atoms with Crippen molar-refractivity contribution in [2.75, 3.05) is 6.54 Å². The van der Waals surface area contributed by atoms with E-state index in [1.165, 1.54) is 0 Å². The van der Waals surface area contributed by atoms with Gasteiger partial charge >= 0.3 is 0 Å². The van der Waals surface area contributed by atoms with Gasteiger partial charge in [0, 0.05) is 23.6 Å². The number of carbonyl (C=O) groups excluding carboxylic acids is 1.